The summed E-state index contributed by atoms with van der Waals surface area (Å²) in [6, 6.07) is 10.1. The standard InChI is InChI=1S/C20H31N3O3/c1-16(2)18(17-6-4-3-5-7-17)14-19(24)22-15-20(25)21-8-9-23-10-12-26-13-11-23/h3-7,16,18H,8-15H2,1-2H3,(H,21,25)(H,22,24). The number of hydrogen-bond donors (Lipinski definition) is 2. The molecule has 1 aliphatic heterocycles. The smallest absolute Gasteiger partial charge is 0.239 e. The average molecular weight is 361 g/mol. The Hall–Kier alpha value is -1.92. The highest BCUT2D eigenvalue weighted by Crippen LogP contribution is 2.27. The topological polar surface area (TPSA) is 70.7 Å². The van der Waals surface area contributed by atoms with Crippen molar-refractivity contribution in [1.82, 2.24) is 15.5 Å². The van der Waals surface area contributed by atoms with Crippen LogP contribution in [0.3, 0.4) is 0 Å². The average Bonchev–Trinajstić information content (AvgIpc) is 2.66. The number of hydrogen-bond acceptors (Lipinski definition) is 4. The fourth-order valence-electron chi connectivity index (χ4n) is 3.13. The van der Waals surface area contributed by atoms with Crippen molar-refractivity contribution in [2.24, 2.45) is 5.92 Å². The molecule has 1 saturated heterocycles. The van der Waals surface area contributed by atoms with E-state index in [9.17, 15) is 9.59 Å². The van der Waals surface area contributed by atoms with Gasteiger partial charge < -0.3 is 15.4 Å². The van der Waals surface area contributed by atoms with Crippen molar-refractivity contribution in [3.63, 3.8) is 0 Å². The van der Waals surface area contributed by atoms with Crippen molar-refractivity contribution >= 4 is 11.8 Å². The number of carbonyl (C=O) groups excluding carboxylic acids is 2. The Morgan fingerprint density at radius 3 is 2.42 bits per heavy atom. The second-order valence-corrected chi connectivity index (χ2v) is 7.05. The highest BCUT2D eigenvalue weighted by Gasteiger charge is 2.19. The molecule has 1 atom stereocenters. The maximum atomic E-state index is 12.2. The summed E-state index contributed by atoms with van der Waals surface area (Å²) in [5, 5.41) is 5.60. The van der Waals surface area contributed by atoms with Gasteiger partial charge >= 0.3 is 0 Å². The Labute approximate surface area is 156 Å². The van der Waals surface area contributed by atoms with E-state index in [1.54, 1.807) is 0 Å². The molecule has 0 radical (unpaired) electrons. The SMILES string of the molecule is CC(C)C(CC(=O)NCC(=O)NCCN1CCOCC1)c1ccccc1. The molecular weight excluding hydrogens is 330 g/mol. The van der Waals surface area contributed by atoms with Crippen LogP contribution in [0.1, 0.15) is 31.7 Å². The Morgan fingerprint density at radius 1 is 1.08 bits per heavy atom. The van der Waals surface area contributed by atoms with Gasteiger partial charge in [0.15, 0.2) is 0 Å². The maximum Gasteiger partial charge on any atom is 0.239 e. The summed E-state index contributed by atoms with van der Waals surface area (Å²) < 4.78 is 5.30. The van der Waals surface area contributed by atoms with Gasteiger partial charge in [-0.05, 0) is 17.4 Å². The molecule has 2 amide bonds. The molecular formula is C20H31N3O3. The minimum absolute atomic E-state index is 0.0293. The van der Waals surface area contributed by atoms with Gasteiger partial charge in [0.05, 0.1) is 19.8 Å². The quantitative estimate of drug-likeness (QED) is 0.697. The lowest BCUT2D eigenvalue weighted by Gasteiger charge is -2.26. The zero-order chi connectivity index (χ0) is 18.8. The first-order valence-electron chi connectivity index (χ1n) is 9.44. The van der Waals surface area contributed by atoms with Crippen LogP contribution in [0.2, 0.25) is 0 Å². The lowest BCUT2D eigenvalue weighted by atomic mass is 9.85. The van der Waals surface area contributed by atoms with Gasteiger partial charge in [-0.25, -0.2) is 0 Å². The van der Waals surface area contributed by atoms with Gasteiger partial charge in [-0.15, -0.1) is 0 Å². The first-order chi connectivity index (χ1) is 12.6. The highest BCUT2D eigenvalue weighted by molar-refractivity contribution is 5.85. The molecule has 0 aromatic heterocycles. The van der Waals surface area contributed by atoms with Crippen molar-refractivity contribution in [1.29, 1.82) is 0 Å². The van der Waals surface area contributed by atoms with Crippen LogP contribution in [-0.4, -0.2) is 62.7 Å². The molecule has 2 N–H and O–H groups in total. The van der Waals surface area contributed by atoms with Crippen LogP contribution in [-0.2, 0) is 14.3 Å². The van der Waals surface area contributed by atoms with Crippen LogP contribution in [0.5, 0.6) is 0 Å². The third-order valence-corrected chi connectivity index (χ3v) is 4.74. The molecule has 1 heterocycles. The molecule has 26 heavy (non-hydrogen) atoms. The van der Waals surface area contributed by atoms with Gasteiger partial charge in [0.25, 0.3) is 0 Å². The van der Waals surface area contributed by atoms with E-state index in [0.717, 1.165) is 38.4 Å². The van der Waals surface area contributed by atoms with E-state index >= 15 is 0 Å². The summed E-state index contributed by atoms with van der Waals surface area (Å²) in [6.07, 6.45) is 0.392. The van der Waals surface area contributed by atoms with Crippen LogP contribution in [0.15, 0.2) is 30.3 Å². The van der Waals surface area contributed by atoms with Gasteiger partial charge in [-0.2, -0.15) is 0 Å². The lowest BCUT2D eigenvalue weighted by Crippen LogP contribution is -2.43. The first kappa shape index (κ1) is 20.4. The number of nitrogens with zero attached hydrogens (tertiary/aromatic N) is 1. The molecule has 1 aliphatic rings. The zero-order valence-corrected chi connectivity index (χ0v) is 15.9. The minimum Gasteiger partial charge on any atom is -0.379 e. The Balaban J connectivity index is 1.67. The second kappa shape index (κ2) is 10.9. The molecule has 0 bridgehead atoms. The van der Waals surface area contributed by atoms with E-state index in [0.29, 0.717) is 18.9 Å². The maximum absolute atomic E-state index is 12.2. The first-order valence-corrected chi connectivity index (χ1v) is 9.44. The molecule has 1 fully saturated rings. The van der Waals surface area contributed by atoms with Gasteiger partial charge in [-0.3, -0.25) is 14.5 Å². The molecule has 0 aliphatic carbocycles. The molecule has 0 spiro atoms. The van der Waals surface area contributed by atoms with E-state index < -0.39 is 0 Å². The van der Waals surface area contributed by atoms with Crippen molar-refractivity contribution in [3.8, 4) is 0 Å². The molecule has 1 unspecified atom stereocenters. The minimum atomic E-state index is -0.146. The summed E-state index contributed by atoms with van der Waals surface area (Å²) in [5.41, 5.74) is 1.16. The zero-order valence-electron chi connectivity index (χ0n) is 15.9. The number of ether oxygens (including phenoxy) is 1. The van der Waals surface area contributed by atoms with Gasteiger partial charge in [0.1, 0.15) is 0 Å². The monoisotopic (exact) mass is 361 g/mol. The van der Waals surface area contributed by atoms with Crippen molar-refractivity contribution < 1.29 is 14.3 Å². The van der Waals surface area contributed by atoms with E-state index in [4.69, 9.17) is 4.74 Å². The normalized spacial score (nSPS) is 16.3. The Bertz CT molecular complexity index is 557. The van der Waals surface area contributed by atoms with Crippen molar-refractivity contribution in [2.75, 3.05) is 45.9 Å². The van der Waals surface area contributed by atoms with E-state index in [2.05, 4.69) is 41.5 Å². The van der Waals surface area contributed by atoms with Crippen molar-refractivity contribution in [2.45, 2.75) is 26.2 Å². The summed E-state index contributed by atoms with van der Waals surface area (Å²) in [5.74, 6) is 0.273. The van der Waals surface area contributed by atoms with Crippen molar-refractivity contribution in [3.05, 3.63) is 35.9 Å². The third-order valence-electron chi connectivity index (χ3n) is 4.74. The largest absolute Gasteiger partial charge is 0.379 e. The predicted molar refractivity (Wildman–Crippen MR) is 102 cm³/mol. The molecule has 144 valence electrons. The molecule has 0 saturated carbocycles. The third kappa shape index (κ3) is 7.14. The van der Waals surface area contributed by atoms with Gasteiger partial charge in [0, 0.05) is 32.6 Å². The number of morpholine rings is 1. The van der Waals surface area contributed by atoms with E-state index in [1.165, 1.54) is 0 Å². The van der Waals surface area contributed by atoms with E-state index in [-0.39, 0.29) is 24.3 Å². The summed E-state index contributed by atoms with van der Waals surface area (Å²) in [6.45, 7) is 8.98. The predicted octanol–water partition coefficient (Wildman–Crippen LogP) is 1.38. The van der Waals surface area contributed by atoms with Gasteiger partial charge in [-0.1, -0.05) is 44.2 Å². The Morgan fingerprint density at radius 2 is 1.77 bits per heavy atom. The summed E-state index contributed by atoms with van der Waals surface area (Å²) in [4.78, 5) is 26.4. The molecule has 1 aromatic rings. The molecule has 2 rings (SSSR count). The summed E-state index contributed by atoms with van der Waals surface area (Å²) >= 11 is 0. The fourth-order valence-corrected chi connectivity index (χ4v) is 3.13. The highest BCUT2D eigenvalue weighted by atomic mass is 16.5. The van der Waals surface area contributed by atoms with Gasteiger partial charge in [0.2, 0.25) is 11.8 Å². The number of amides is 2. The van der Waals surface area contributed by atoms with Crippen LogP contribution in [0.4, 0.5) is 0 Å². The number of nitrogens with one attached hydrogen (secondary N) is 2. The van der Waals surface area contributed by atoms with Crippen LogP contribution >= 0.6 is 0 Å². The number of benzene rings is 1. The number of rotatable bonds is 9. The van der Waals surface area contributed by atoms with E-state index in [1.807, 2.05) is 18.2 Å². The molecule has 6 nitrogen and oxygen atoms in total. The van der Waals surface area contributed by atoms with Crippen LogP contribution in [0.25, 0.3) is 0 Å². The van der Waals surface area contributed by atoms with Crippen LogP contribution < -0.4 is 10.6 Å². The number of carbonyl (C=O) groups is 2. The fraction of sp³-hybridized carbons (Fsp3) is 0.600. The van der Waals surface area contributed by atoms with Crippen LogP contribution in [0, 0.1) is 5.92 Å². The summed E-state index contributed by atoms with van der Waals surface area (Å²) in [7, 11) is 0. The Kier molecular flexibility index (Phi) is 8.58. The second-order valence-electron chi connectivity index (χ2n) is 7.05. The lowest BCUT2D eigenvalue weighted by molar-refractivity contribution is -0.126. The molecule has 1 aromatic carbocycles. The molecule has 6 heteroatoms.